The lowest BCUT2D eigenvalue weighted by atomic mass is 9.93. The van der Waals surface area contributed by atoms with Crippen LogP contribution in [0.25, 0.3) is 11.4 Å². The third-order valence-electron chi connectivity index (χ3n) is 4.80. The molecule has 1 saturated heterocycles. The summed E-state index contributed by atoms with van der Waals surface area (Å²) < 4.78 is 29.3. The molecule has 8 nitrogen and oxygen atoms in total. The maximum absolute atomic E-state index is 12.3. The Hall–Kier alpha value is -1.84. The van der Waals surface area contributed by atoms with E-state index in [1.165, 1.54) is 4.31 Å². The highest BCUT2D eigenvalue weighted by Crippen LogP contribution is 2.30. The van der Waals surface area contributed by atoms with Gasteiger partial charge in [-0.05, 0) is 38.8 Å². The van der Waals surface area contributed by atoms with Gasteiger partial charge >= 0.3 is 0 Å². The van der Waals surface area contributed by atoms with Crippen molar-refractivity contribution in [1.29, 1.82) is 0 Å². The predicted octanol–water partition coefficient (Wildman–Crippen LogP) is 1.65. The molecule has 0 aromatic carbocycles. The van der Waals surface area contributed by atoms with Crippen molar-refractivity contribution < 1.29 is 8.42 Å². The number of hydrogen-bond acceptors (Lipinski definition) is 5. The Morgan fingerprint density at radius 1 is 1.23 bits per heavy atom. The summed E-state index contributed by atoms with van der Waals surface area (Å²) >= 11 is 0. The SMILES string of the molecule is CCn1nccc1-c1cc(C2CCN(S(=O)(=O)N(C)C)CC2)nc(C)n1. The van der Waals surface area contributed by atoms with Crippen LogP contribution in [-0.2, 0) is 16.8 Å². The van der Waals surface area contributed by atoms with Crippen LogP contribution < -0.4 is 0 Å². The van der Waals surface area contributed by atoms with Crippen molar-refractivity contribution in [2.45, 2.75) is 39.2 Å². The highest BCUT2D eigenvalue weighted by Gasteiger charge is 2.30. The van der Waals surface area contributed by atoms with Crippen LogP contribution in [0.1, 0.15) is 37.2 Å². The molecular weight excluding hydrogens is 352 g/mol. The lowest BCUT2D eigenvalue weighted by Crippen LogP contribution is -2.44. The standard InChI is InChI=1S/C17H26N6O2S/c1-5-23-17(6-9-18-23)16-12-15(19-13(2)20-16)14-7-10-22(11-8-14)26(24,25)21(3)4/h6,9,12,14H,5,7-8,10-11H2,1-4H3. The number of aromatic nitrogens is 4. The van der Waals surface area contributed by atoms with Gasteiger partial charge in [-0.1, -0.05) is 0 Å². The predicted molar refractivity (Wildman–Crippen MR) is 99.8 cm³/mol. The van der Waals surface area contributed by atoms with Gasteiger partial charge in [0, 0.05) is 51.5 Å². The van der Waals surface area contributed by atoms with Crippen LogP contribution in [0.3, 0.4) is 0 Å². The molecule has 0 radical (unpaired) electrons. The molecule has 26 heavy (non-hydrogen) atoms. The monoisotopic (exact) mass is 378 g/mol. The highest BCUT2D eigenvalue weighted by atomic mass is 32.2. The molecule has 0 saturated carbocycles. The van der Waals surface area contributed by atoms with E-state index < -0.39 is 10.2 Å². The van der Waals surface area contributed by atoms with Gasteiger partial charge in [-0.2, -0.15) is 22.1 Å². The van der Waals surface area contributed by atoms with Gasteiger partial charge in [-0.3, -0.25) is 4.68 Å². The van der Waals surface area contributed by atoms with Gasteiger partial charge in [0.05, 0.1) is 11.4 Å². The lowest BCUT2D eigenvalue weighted by molar-refractivity contribution is 0.300. The molecule has 0 unspecified atom stereocenters. The third-order valence-corrected chi connectivity index (χ3v) is 6.74. The zero-order chi connectivity index (χ0) is 18.9. The molecule has 142 valence electrons. The molecule has 0 N–H and O–H groups in total. The van der Waals surface area contributed by atoms with Gasteiger partial charge in [-0.15, -0.1) is 0 Å². The van der Waals surface area contributed by atoms with Gasteiger partial charge in [0.1, 0.15) is 5.82 Å². The second-order valence-corrected chi connectivity index (χ2v) is 8.86. The molecule has 3 rings (SSSR count). The van der Waals surface area contributed by atoms with Crippen molar-refractivity contribution in [2.24, 2.45) is 0 Å². The van der Waals surface area contributed by atoms with E-state index in [1.807, 2.05) is 30.7 Å². The van der Waals surface area contributed by atoms with Crippen molar-refractivity contribution >= 4 is 10.2 Å². The molecule has 1 fully saturated rings. The zero-order valence-electron chi connectivity index (χ0n) is 15.8. The Morgan fingerprint density at radius 2 is 1.92 bits per heavy atom. The summed E-state index contributed by atoms with van der Waals surface area (Å²) in [6.07, 6.45) is 3.30. The third kappa shape index (κ3) is 3.65. The van der Waals surface area contributed by atoms with E-state index in [1.54, 1.807) is 24.6 Å². The van der Waals surface area contributed by atoms with Crippen molar-refractivity contribution in [2.75, 3.05) is 27.2 Å². The average molecular weight is 379 g/mol. The molecular formula is C17H26N6O2S. The van der Waals surface area contributed by atoms with E-state index in [2.05, 4.69) is 15.1 Å². The lowest BCUT2D eigenvalue weighted by Gasteiger charge is -2.32. The summed E-state index contributed by atoms with van der Waals surface area (Å²) in [6, 6.07) is 3.98. The molecule has 0 spiro atoms. The van der Waals surface area contributed by atoms with Crippen LogP contribution in [0.2, 0.25) is 0 Å². The van der Waals surface area contributed by atoms with E-state index in [9.17, 15) is 8.42 Å². The Bertz CT molecular complexity index is 869. The quantitative estimate of drug-likeness (QED) is 0.790. The summed E-state index contributed by atoms with van der Waals surface area (Å²) in [5, 5.41) is 4.31. The average Bonchev–Trinajstić information content (AvgIpc) is 3.10. The smallest absolute Gasteiger partial charge is 0.264 e. The van der Waals surface area contributed by atoms with Crippen LogP contribution >= 0.6 is 0 Å². The van der Waals surface area contributed by atoms with Gasteiger partial charge in [-0.25, -0.2) is 9.97 Å². The summed E-state index contributed by atoms with van der Waals surface area (Å²) in [4.78, 5) is 9.20. The van der Waals surface area contributed by atoms with E-state index in [4.69, 9.17) is 0 Å². The number of nitrogens with zero attached hydrogens (tertiary/aromatic N) is 6. The van der Waals surface area contributed by atoms with Crippen molar-refractivity contribution in [3.63, 3.8) is 0 Å². The number of rotatable bonds is 5. The molecule has 1 aliphatic heterocycles. The molecule has 1 aliphatic rings. The Kier molecular flexibility index (Phi) is 5.40. The minimum Gasteiger partial charge on any atom is -0.264 e. The van der Waals surface area contributed by atoms with E-state index in [-0.39, 0.29) is 5.92 Å². The van der Waals surface area contributed by atoms with E-state index in [0.29, 0.717) is 13.1 Å². The van der Waals surface area contributed by atoms with Gasteiger partial charge in [0.15, 0.2) is 0 Å². The molecule has 0 aliphatic carbocycles. The highest BCUT2D eigenvalue weighted by molar-refractivity contribution is 7.86. The Balaban J connectivity index is 1.81. The fraction of sp³-hybridized carbons (Fsp3) is 0.588. The van der Waals surface area contributed by atoms with E-state index >= 15 is 0 Å². The topological polar surface area (TPSA) is 84.2 Å². The molecule has 2 aromatic heterocycles. The van der Waals surface area contributed by atoms with Crippen molar-refractivity contribution in [3.8, 4) is 11.4 Å². The summed E-state index contributed by atoms with van der Waals surface area (Å²) in [6.45, 7) is 5.74. The van der Waals surface area contributed by atoms with Crippen LogP contribution in [-0.4, -0.2) is 64.0 Å². The number of piperidine rings is 1. The van der Waals surface area contributed by atoms with Gasteiger partial charge < -0.3 is 0 Å². The first-order valence-corrected chi connectivity index (χ1v) is 10.3. The minimum absolute atomic E-state index is 0.238. The zero-order valence-corrected chi connectivity index (χ0v) is 16.6. The summed E-state index contributed by atoms with van der Waals surface area (Å²) in [7, 11) is -0.208. The van der Waals surface area contributed by atoms with Crippen molar-refractivity contribution in [3.05, 3.63) is 29.8 Å². The van der Waals surface area contributed by atoms with Crippen LogP contribution in [0.5, 0.6) is 0 Å². The summed E-state index contributed by atoms with van der Waals surface area (Å²) in [5.74, 6) is 0.965. The Morgan fingerprint density at radius 3 is 2.54 bits per heavy atom. The van der Waals surface area contributed by atoms with Crippen LogP contribution in [0.15, 0.2) is 18.3 Å². The number of hydrogen-bond donors (Lipinski definition) is 0. The fourth-order valence-electron chi connectivity index (χ4n) is 3.35. The van der Waals surface area contributed by atoms with Crippen LogP contribution in [0.4, 0.5) is 0 Å². The molecule has 9 heteroatoms. The maximum atomic E-state index is 12.3. The van der Waals surface area contributed by atoms with Gasteiger partial charge in [0.2, 0.25) is 0 Å². The number of aryl methyl sites for hydroxylation is 2. The molecule has 3 heterocycles. The second-order valence-electron chi connectivity index (χ2n) is 6.72. The molecule has 0 amide bonds. The first-order valence-electron chi connectivity index (χ1n) is 8.88. The Labute approximate surface area is 155 Å². The first-order chi connectivity index (χ1) is 12.3. The molecule has 0 bridgehead atoms. The summed E-state index contributed by atoms with van der Waals surface area (Å²) in [5.41, 5.74) is 2.83. The minimum atomic E-state index is -3.34. The normalized spacial score (nSPS) is 17.1. The van der Waals surface area contributed by atoms with Crippen molar-refractivity contribution in [1.82, 2.24) is 28.4 Å². The van der Waals surface area contributed by atoms with Crippen LogP contribution in [0, 0.1) is 6.92 Å². The molecule has 0 atom stereocenters. The fourth-order valence-corrected chi connectivity index (χ4v) is 4.48. The maximum Gasteiger partial charge on any atom is 0.281 e. The largest absolute Gasteiger partial charge is 0.281 e. The van der Waals surface area contributed by atoms with Gasteiger partial charge in [0.25, 0.3) is 10.2 Å². The first kappa shape index (κ1) is 18.9. The molecule has 2 aromatic rings. The second kappa shape index (κ2) is 7.42. The van der Waals surface area contributed by atoms with E-state index in [0.717, 1.165) is 42.3 Å².